The molecule has 0 spiro atoms. The summed E-state index contributed by atoms with van der Waals surface area (Å²) >= 11 is 0. The maximum absolute atomic E-state index is 8.97. The van der Waals surface area contributed by atoms with Crippen LogP contribution in [0.2, 0.25) is 0 Å². The molecule has 9 atom stereocenters. The van der Waals surface area contributed by atoms with Crippen LogP contribution in [-0.2, 0) is 4.74 Å². The van der Waals surface area contributed by atoms with Crippen molar-refractivity contribution in [1.82, 2.24) is 0 Å². The standard InChI is InChI=1S/C35H60O2/c1-7-27(25(2)3)13-12-26(4)31-16-17-32-30-15-14-28-24-29(37-23-11-9-8-10-22-36)18-20-34(28,5)33(30)19-21-35(31,32)6/h12-14,25-27,29-33,36H,7-11,15-24H2,1-6H3/b13-12+/t26-,27-,29+,30+,31-,32+,33+,34+,35-/m1/s1. The van der Waals surface area contributed by atoms with Crippen LogP contribution in [0.15, 0.2) is 23.8 Å². The molecule has 2 nitrogen and oxygen atoms in total. The molecular weight excluding hydrogens is 452 g/mol. The van der Waals surface area contributed by atoms with E-state index < -0.39 is 0 Å². The molecule has 1 N–H and O–H groups in total. The highest BCUT2D eigenvalue weighted by atomic mass is 16.5. The lowest BCUT2D eigenvalue weighted by Gasteiger charge is -2.58. The maximum Gasteiger partial charge on any atom is 0.0612 e. The average Bonchev–Trinajstić information content (AvgIpc) is 3.23. The first-order valence-corrected chi connectivity index (χ1v) is 16.3. The lowest BCUT2D eigenvalue weighted by atomic mass is 9.47. The smallest absolute Gasteiger partial charge is 0.0612 e. The van der Waals surface area contributed by atoms with E-state index in [4.69, 9.17) is 9.84 Å². The van der Waals surface area contributed by atoms with E-state index in [1.165, 1.54) is 64.2 Å². The van der Waals surface area contributed by atoms with Gasteiger partial charge in [0.15, 0.2) is 0 Å². The van der Waals surface area contributed by atoms with Crippen molar-refractivity contribution in [3.63, 3.8) is 0 Å². The highest BCUT2D eigenvalue weighted by molar-refractivity contribution is 5.25. The van der Waals surface area contributed by atoms with Crippen LogP contribution in [0.25, 0.3) is 0 Å². The molecule has 4 rings (SSSR count). The number of allylic oxidation sites excluding steroid dienone is 3. The Bertz CT molecular complexity index is 782. The van der Waals surface area contributed by atoms with E-state index in [2.05, 4.69) is 59.8 Å². The van der Waals surface area contributed by atoms with Crippen molar-refractivity contribution in [3.8, 4) is 0 Å². The summed E-state index contributed by atoms with van der Waals surface area (Å²) in [6, 6.07) is 0. The fraction of sp³-hybridized carbons (Fsp3) is 0.886. The Balaban J connectivity index is 1.37. The van der Waals surface area contributed by atoms with Crippen LogP contribution < -0.4 is 0 Å². The summed E-state index contributed by atoms with van der Waals surface area (Å²) < 4.78 is 6.37. The minimum absolute atomic E-state index is 0.326. The van der Waals surface area contributed by atoms with Crippen molar-refractivity contribution < 1.29 is 9.84 Å². The molecule has 0 aliphatic heterocycles. The quantitative estimate of drug-likeness (QED) is 0.208. The predicted molar refractivity (Wildman–Crippen MR) is 157 cm³/mol. The monoisotopic (exact) mass is 512 g/mol. The molecule has 212 valence electrons. The van der Waals surface area contributed by atoms with Crippen molar-refractivity contribution in [2.24, 2.45) is 52.3 Å². The van der Waals surface area contributed by atoms with Gasteiger partial charge in [-0.1, -0.05) is 78.2 Å². The molecule has 0 heterocycles. The first-order valence-electron chi connectivity index (χ1n) is 16.3. The SMILES string of the molecule is CC[C@H](/C=C/[C@@H](C)[C@H]1CC[C@H]2[C@@H]3CC=C4C[C@@H](OCCCCCCO)CC[C@]4(C)[C@H]3CC[C@]12C)C(C)C. The van der Waals surface area contributed by atoms with Crippen LogP contribution in [0.4, 0.5) is 0 Å². The van der Waals surface area contributed by atoms with Crippen molar-refractivity contribution >= 4 is 0 Å². The molecule has 0 saturated heterocycles. The minimum atomic E-state index is 0.326. The maximum atomic E-state index is 8.97. The molecule has 0 aromatic rings. The number of aliphatic hydroxyl groups excluding tert-OH is 1. The van der Waals surface area contributed by atoms with Gasteiger partial charge in [0, 0.05) is 13.2 Å². The van der Waals surface area contributed by atoms with Gasteiger partial charge in [0.25, 0.3) is 0 Å². The molecule has 0 amide bonds. The zero-order valence-electron chi connectivity index (χ0n) is 25.3. The Morgan fingerprint density at radius 3 is 2.49 bits per heavy atom. The zero-order valence-corrected chi connectivity index (χ0v) is 25.3. The first kappa shape index (κ1) is 29.4. The van der Waals surface area contributed by atoms with Gasteiger partial charge in [-0.15, -0.1) is 0 Å². The Hall–Kier alpha value is -0.600. The molecule has 2 heteroatoms. The molecular formula is C35H60O2. The van der Waals surface area contributed by atoms with E-state index in [0.717, 1.165) is 61.4 Å². The van der Waals surface area contributed by atoms with Gasteiger partial charge < -0.3 is 9.84 Å². The van der Waals surface area contributed by atoms with Gasteiger partial charge in [0.1, 0.15) is 0 Å². The topological polar surface area (TPSA) is 29.5 Å². The summed E-state index contributed by atoms with van der Waals surface area (Å²) in [4.78, 5) is 0. The van der Waals surface area contributed by atoms with Gasteiger partial charge in [0.05, 0.1) is 6.10 Å². The predicted octanol–water partition coefficient (Wildman–Crippen LogP) is 9.38. The molecule has 3 saturated carbocycles. The molecule has 4 aliphatic carbocycles. The summed E-state index contributed by atoms with van der Waals surface area (Å²) in [5.41, 5.74) is 2.70. The van der Waals surface area contributed by atoms with E-state index in [1.54, 1.807) is 5.57 Å². The number of hydrogen-bond acceptors (Lipinski definition) is 2. The van der Waals surface area contributed by atoms with Crippen LogP contribution in [0, 0.1) is 52.3 Å². The highest BCUT2D eigenvalue weighted by Crippen LogP contribution is 2.67. The highest BCUT2D eigenvalue weighted by Gasteiger charge is 2.59. The van der Waals surface area contributed by atoms with Gasteiger partial charge in [-0.25, -0.2) is 0 Å². The van der Waals surface area contributed by atoms with Crippen molar-refractivity contribution in [2.45, 2.75) is 131 Å². The zero-order chi connectivity index (χ0) is 26.6. The van der Waals surface area contributed by atoms with Gasteiger partial charge in [0.2, 0.25) is 0 Å². The minimum Gasteiger partial charge on any atom is -0.396 e. The van der Waals surface area contributed by atoms with E-state index in [9.17, 15) is 0 Å². The molecule has 0 bridgehead atoms. The van der Waals surface area contributed by atoms with Gasteiger partial charge in [-0.2, -0.15) is 0 Å². The fourth-order valence-corrected chi connectivity index (χ4v) is 9.77. The van der Waals surface area contributed by atoms with E-state index in [1.807, 2.05) is 0 Å². The number of fused-ring (bicyclic) bond motifs is 5. The number of ether oxygens (including phenoxy) is 1. The Labute approximate surface area is 230 Å². The second kappa shape index (κ2) is 12.7. The van der Waals surface area contributed by atoms with Crippen molar-refractivity contribution in [2.75, 3.05) is 13.2 Å². The molecule has 0 aromatic carbocycles. The van der Waals surface area contributed by atoms with Crippen LogP contribution >= 0.6 is 0 Å². The summed E-state index contributed by atoms with van der Waals surface area (Å²) in [6.45, 7) is 16.2. The van der Waals surface area contributed by atoms with Crippen molar-refractivity contribution in [3.05, 3.63) is 23.8 Å². The third kappa shape index (κ3) is 6.11. The molecule has 0 radical (unpaired) electrons. The number of aliphatic hydroxyl groups is 1. The Kier molecular flexibility index (Phi) is 10.1. The number of hydrogen-bond donors (Lipinski definition) is 1. The summed E-state index contributed by atoms with van der Waals surface area (Å²) in [6.07, 6.45) is 24.8. The fourth-order valence-electron chi connectivity index (χ4n) is 9.77. The van der Waals surface area contributed by atoms with Crippen LogP contribution in [0.3, 0.4) is 0 Å². The summed E-state index contributed by atoms with van der Waals surface area (Å²) in [5.74, 6) is 5.76. The second-order valence-corrected chi connectivity index (χ2v) is 14.4. The Morgan fingerprint density at radius 1 is 0.973 bits per heavy atom. The molecule has 0 unspecified atom stereocenters. The van der Waals surface area contributed by atoms with E-state index in [0.29, 0.717) is 29.5 Å². The third-order valence-corrected chi connectivity index (χ3v) is 12.2. The van der Waals surface area contributed by atoms with E-state index in [-0.39, 0.29) is 0 Å². The van der Waals surface area contributed by atoms with Gasteiger partial charge in [-0.3, -0.25) is 0 Å². The summed E-state index contributed by atoms with van der Waals surface area (Å²) in [7, 11) is 0. The third-order valence-electron chi connectivity index (χ3n) is 12.2. The largest absolute Gasteiger partial charge is 0.396 e. The molecule has 4 aliphatic rings. The van der Waals surface area contributed by atoms with Crippen LogP contribution in [0.1, 0.15) is 125 Å². The molecule has 37 heavy (non-hydrogen) atoms. The van der Waals surface area contributed by atoms with Crippen molar-refractivity contribution in [1.29, 1.82) is 0 Å². The van der Waals surface area contributed by atoms with E-state index >= 15 is 0 Å². The second-order valence-electron chi connectivity index (χ2n) is 14.4. The normalized spacial score (nSPS) is 39.2. The Morgan fingerprint density at radius 2 is 1.76 bits per heavy atom. The number of rotatable bonds is 12. The van der Waals surface area contributed by atoms with Gasteiger partial charge >= 0.3 is 0 Å². The lowest BCUT2D eigenvalue weighted by molar-refractivity contribution is -0.0615. The van der Waals surface area contributed by atoms with Crippen LogP contribution in [0.5, 0.6) is 0 Å². The summed E-state index contributed by atoms with van der Waals surface area (Å²) in [5, 5.41) is 8.97. The van der Waals surface area contributed by atoms with Crippen LogP contribution in [-0.4, -0.2) is 24.4 Å². The average molecular weight is 513 g/mol. The number of unbranched alkanes of at least 4 members (excludes halogenated alkanes) is 3. The first-order chi connectivity index (χ1) is 17.7. The molecule has 3 fully saturated rings. The molecule has 0 aromatic heterocycles. The lowest BCUT2D eigenvalue weighted by Crippen LogP contribution is -2.51. The van der Waals surface area contributed by atoms with Gasteiger partial charge in [-0.05, 0) is 123 Å².